The second kappa shape index (κ2) is 9.98. The van der Waals surface area contributed by atoms with E-state index < -0.39 is 22.3 Å². The van der Waals surface area contributed by atoms with Gasteiger partial charge >= 0.3 is 11.8 Å². The maximum Gasteiger partial charge on any atom is 0.331 e. The van der Waals surface area contributed by atoms with Crippen LogP contribution in [0.15, 0.2) is 58.7 Å². The minimum atomic E-state index is -1.11. The third-order valence-corrected chi connectivity index (χ3v) is 3.23. The van der Waals surface area contributed by atoms with Crippen LogP contribution in [0.3, 0.4) is 0 Å². The van der Waals surface area contributed by atoms with Gasteiger partial charge in [-0.15, -0.1) is 0 Å². The number of amides is 2. The number of quaternary nitrogens is 2. The lowest BCUT2D eigenvalue weighted by Crippen LogP contribution is -2.99. The number of carbonyl (C=O) groups is 2. The average Bonchev–Trinajstić information content (AvgIpc) is 2.68. The first-order valence-corrected chi connectivity index (χ1v) is 7.70. The number of benzene rings is 2. The van der Waals surface area contributed by atoms with Gasteiger partial charge in [-0.2, -0.15) is 20.7 Å². The predicted molar refractivity (Wildman–Crippen MR) is 95.9 cm³/mol. The van der Waals surface area contributed by atoms with Gasteiger partial charge in [-0.25, -0.2) is 21.3 Å². The minimum Gasteiger partial charge on any atom is -0.595 e. The summed E-state index contributed by atoms with van der Waals surface area (Å²) in [6.07, 6.45) is 2.36. The normalized spacial score (nSPS) is 13.4. The third kappa shape index (κ3) is 6.33. The van der Waals surface area contributed by atoms with Crippen molar-refractivity contribution < 1.29 is 30.5 Å². The van der Waals surface area contributed by atoms with E-state index in [1.54, 1.807) is 12.1 Å². The lowest BCUT2D eigenvalue weighted by Gasteiger charge is -2.11. The summed E-state index contributed by atoms with van der Waals surface area (Å²) in [4.78, 5) is 23.2. The molecule has 0 spiro atoms. The zero-order chi connectivity index (χ0) is 20.5. The van der Waals surface area contributed by atoms with E-state index in [4.69, 9.17) is 10.4 Å². The van der Waals surface area contributed by atoms with Crippen molar-refractivity contribution in [1.29, 1.82) is 0 Å². The summed E-state index contributed by atoms with van der Waals surface area (Å²) in [5, 5.41) is 44.4. The average molecular weight is 388 g/mol. The molecule has 0 aromatic heterocycles. The Morgan fingerprint density at radius 2 is 1.21 bits per heavy atom. The molecular weight excluding hydrogens is 372 g/mol. The number of hydrogen-bond acceptors (Lipinski definition) is 8. The van der Waals surface area contributed by atoms with E-state index in [-0.39, 0.29) is 11.4 Å². The van der Waals surface area contributed by atoms with E-state index in [0.29, 0.717) is 11.1 Å². The number of nitrogens with one attached hydrogen (secondary N) is 4. The molecule has 2 rings (SSSR count). The Kier molecular flexibility index (Phi) is 7.41. The highest BCUT2D eigenvalue weighted by Crippen LogP contribution is 2.04. The molecule has 0 heterocycles. The fraction of sp³-hybridized carbons (Fsp3) is 0. The molecule has 0 aliphatic heterocycles. The monoisotopic (exact) mass is 388 g/mol. The Bertz CT molecular complexity index is 825. The first-order chi connectivity index (χ1) is 13.4. The molecule has 0 saturated heterocycles. The van der Waals surface area contributed by atoms with Gasteiger partial charge in [0, 0.05) is 35.4 Å². The van der Waals surface area contributed by atoms with Crippen LogP contribution < -0.4 is 21.3 Å². The van der Waals surface area contributed by atoms with Gasteiger partial charge in [-0.05, 0) is 0 Å². The molecule has 2 amide bonds. The summed E-state index contributed by atoms with van der Waals surface area (Å²) >= 11 is 0. The molecule has 6 N–H and O–H groups in total. The van der Waals surface area contributed by atoms with Gasteiger partial charge < -0.3 is 10.4 Å². The van der Waals surface area contributed by atoms with E-state index in [0.717, 1.165) is 0 Å². The quantitative estimate of drug-likeness (QED) is 0.191. The maximum absolute atomic E-state index is 11.6. The van der Waals surface area contributed by atoms with Gasteiger partial charge in [0.1, 0.15) is 0 Å². The second-order valence-corrected chi connectivity index (χ2v) is 5.26. The SMILES string of the molecule is O=C(N/N=C/c1cccc([NH+]([O-])O)c1)C(=O)N/N=C/c1cccc([NH+]([O-])O)c1. The smallest absolute Gasteiger partial charge is 0.331 e. The van der Waals surface area contributed by atoms with Crippen molar-refractivity contribution in [3.63, 3.8) is 0 Å². The fourth-order valence-electron chi connectivity index (χ4n) is 1.94. The summed E-state index contributed by atoms with van der Waals surface area (Å²) < 4.78 is 0. The lowest BCUT2D eigenvalue weighted by atomic mass is 10.2. The van der Waals surface area contributed by atoms with Gasteiger partial charge in [0.25, 0.3) is 0 Å². The fourth-order valence-corrected chi connectivity index (χ4v) is 1.94. The maximum atomic E-state index is 11.6. The summed E-state index contributed by atoms with van der Waals surface area (Å²) in [5.41, 5.74) is 4.87. The van der Waals surface area contributed by atoms with Crippen LogP contribution in [0, 0.1) is 10.4 Å². The largest absolute Gasteiger partial charge is 0.595 e. The number of carbonyl (C=O) groups excluding carboxylic acids is 2. The van der Waals surface area contributed by atoms with Gasteiger partial charge in [0.05, 0.1) is 12.4 Å². The van der Waals surface area contributed by atoms with Gasteiger partial charge in [-0.3, -0.25) is 9.59 Å². The van der Waals surface area contributed by atoms with Crippen LogP contribution in [0.2, 0.25) is 0 Å². The molecule has 2 atom stereocenters. The third-order valence-electron chi connectivity index (χ3n) is 3.23. The number of hydrazone groups is 2. The van der Waals surface area contributed by atoms with Gasteiger partial charge in [0.15, 0.2) is 11.4 Å². The van der Waals surface area contributed by atoms with E-state index in [2.05, 4.69) is 10.2 Å². The Balaban J connectivity index is 1.87. The molecule has 2 aromatic rings. The van der Waals surface area contributed by atoms with Crippen molar-refractivity contribution >= 4 is 35.6 Å². The molecule has 0 fully saturated rings. The number of nitrogens with zero attached hydrogens (tertiary/aromatic N) is 2. The van der Waals surface area contributed by atoms with Crippen molar-refractivity contribution in [2.75, 3.05) is 0 Å². The minimum absolute atomic E-state index is 0.0503. The van der Waals surface area contributed by atoms with Crippen LogP contribution >= 0.6 is 0 Å². The second-order valence-electron chi connectivity index (χ2n) is 5.26. The molecular formula is C16H16N6O6. The molecule has 28 heavy (non-hydrogen) atoms. The summed E-state index contributed by atoms with van der Waals surface area (Å²) in [7, 11) is 0. The molecule has 12 nitrogen and oxygen atoms in total. The van der Waals surface area contributed by atoms with Crippen LogP contribution in [0.5, 0.6) is 0 Å². The zero-order valence-corrected chi connectivity index (χ0v) is 14.2. The Hall–Kier alpha value is -3.52. The summed E-state index contributed by atoms with van der Waals surface area (Å²) in [6.45, 7) is 0. The molecule has 0 aliphatic carbocycles. The van der Waals surface area contributed by atoms with E-state index >= 15 is 0 Å². The van der Waals surface area contributed by atoms with Crippen LogP contribution in [-0.2, 0) is 9.59 Å². The Morgan fingerprint density at radius 3 is 1.57 bits per heavy atom. The molecule has 0 radical (unpaired) electrons. The Morgan fingerprint density at radius 1 is 0.821 bits per heavy atom. The van der Waals surface area contributed by atoms with Crippen molar-refractivity contribution in [1.82, 2.24) is 10.9 Å². The van der Waals surface area contributed by atoms with Crippen LogP contribution in [0.25, 0.3) is 0 Å². The van der Waals surface area contributed by atoms with Crippen LogP contribution in [0.4, 0.5) is 11.4 Å². The van der Waals surface area contributed by atoms with Crippen molar-refractivity contribution in [3.8, 4) is 0 Å². The first-order valence-electron chi connectivity index (χ1n) is 7.70. The lowest BCUT2D eigenvalue weighted by molar-refractivity contribution is -0.991. The van der Waals surface area contributed by atoms with Crippen LogP contribution in [0.1, 0.15) is 11.1 Å². The number of rotatable bonds is 6. The highest BCUT2D eigenvalue weighted by atomic mass is 16.8. The first kappa shape index (κ1) is 20.8. The molecule has 2 aromatic carbocycles. The van der Waals surface area contributed by atoms with Crippen molar-refractivity contribution in [3.05, 3.63) is 70.1 Å². The summed E-state index contributed by atoms with van der Waals surface area (Å²) in [5.74, 6) is -2.19. The predicted octanol–water partition coefficient (Wildman–Crippen LogP) is -1.91. The highest BCUT2D eigenvalue weighted by molar-refractivity contribution is 6.35. The van der Waals surface area contributed by atoms with Gasteiger partial charge in [0.2, 0.25) is 0 Å². The Labute approximate surface area is 158 Å². The highest BCUT2D eigenvalue weighted by Gasteiger charge is 2.11. The van der Waals surface area contributed by atoms with Gasteiger partial charge in [-0.1, -0.05) is 24.3 Å². The molecule has 0 aliphatic rings. The molecule has 146 valence electrons. The molecule has 0 saturated carbocycles. The molecule has 12 heteroatoms. The van der Waals surface area contributed by atoms with E-state index in [1.807, 2.05) is 10.9 Å². The number of hydrogen-bond donors (Lipinski definition) is 6. The topological polar surface area (TPSA) is 178 Å². The standard InChI is InChI=1S/C16H16N6O6/c23-15(19-17-9-11-3-1-5-13(7-11)21(25)26)16(24)20-18-10-12-4-2-6-14(8-12)22(27)28/h1-10,21-22,25,27H,(H,19,23)(H,20,24)/b17-9+,18-10+. The molecule has 2 unspecified atom stereocenters. The zero-order valence-electron chi connectivity index (χ0n) is 14.2. The van der Waals surface area contributed by atoms with Crippen LogP contribution in [-0.4, -0.2) is 34.7 Å². The van der Waals surface area contributed by atoms with E-state index in [1.165, 1.54) is 48.8 Å². The van der Waals surface area contributed by atoms with E-state index in [9.17, 15) is 20.0 Å². The molecule has 0 bridgehead atoms. The summed E-state index contributed by atoms with van der Waals surface area (Å²) in [6, 6.07) is 11.6. The van der Waals surface area contributed by atoms with Crippen molar-refractivity contribution in [2.24, 2.45) is 10.2 Å². The van der Waals surface area contributed by atoms with Crippen molar-refractivity contribution in [2.45, 2.75) is 0 Å².